The Morgan fingerprint density at radius 3 is 3.07 bits per heavy atom. The molecule has 0 aromatic heterocycles. The number of esters is 2. The fourth-order valence-electron chi connectivity index (χ4n) is 1.33. The highest BCUT2D eigenvalue weighted by Gasteiger charge is 2.21. The molecule has 0 atom stereocenters. The number of hydrogen-bond acceptors (Lipinski definition) is 4. The molecule has 4 nitrogen and oxygen atoms in total. The van der Waals surface area contributed by atoms with Crippen LogP contribution in [0.2, 0.25) is 0 Å². The lowest BCUT2D eigenvalue weighted by Gasteiger charge is -2.01. The Morgan fingerprint density at radius 1 is 1.53 bits per heavy atom. The Hall–Kier alpha value is -2.10. The highest BCUT2D eigenvalue weighted by molar-refractivity contribution is 5.93. The SMILES string of the molecule is C=CC(=O)Oc1ccc2c(c1)COC2=O. The summed E-state index contributed by atoms with van der Waals surface area (Å²) in [4.78, 5) is 22.0. The summed E-state index contributed by atoms with van der Waals surface area (Å²) in [6.07, 6.45) is 1.08. The minimum atomic E-state index is -0.528. The molecule has 1 heterocycles. The lowest BCUT2D eigenvalue weighted by Crippen LogP contribution is -2.03. The molecule has 0 saturated heterocycles. The number of ether oxygens (including phenoxy) is 2. The molecule has 4 heteroatoms. The molecule has 0 radical (unpaired) electrons. The van der Waals surface area contributed by atoms with Gasteiger partial charge in [-0.15, -0.1) is 0 Å². The predicted molar refractivity (Wildman–Crippen MR) is 51.4 cm³/mol. The molecule has 2 rings (SSSR count). The van der Waals surface area contributed by atoms with Crippen molar-refractivity contribution >= 4 is 11.9 Å². The van der Waals surface area contributed by atoms with E-state index >= 15 is 0 Å². The molecule has 1 aliphatic rings. The maximum Gasteiger partial charge on any atom is 0.338 e. The Balaban J connectivity index is 2.27. The van der Waals surface area contributed by atoms with Gasteiger partial charge in [0.25, 0.3) is 0 Å². The number of carbonyl (C=O) groups excluding carboxylic acids is 2. The van der Waals surface area contributed by atoms with Gasteiger partial charge < -0.3 is 9.47 Å². The highest BCUT2D eigenvalue weighted by Crippen LogP contribution is 2.24. The van der Waals surface area contributed by atoms with Gasteiger partial charge in [0.1, 0.15) is 12.4 Å². The molecular weight excluding hydrogens is 196 g/mol. The van der Waals surface area contributed by atoms with E-state index in [4.69, 9.17) is 9.47 Å². The first kappa shape index (κ1) is 9.45. The van der Waals surface area contributed by atoms with Gasteiger partial charge >= 0.3 is 11.9 Å². The van der Waals surface area contributed by atoms with Crippen LogP contribution < -0.4 is 4.74 Å². The Kier molecular flexibility index (Phi) is 2.25. The Labute approximate surface area is 86.1 Å². The quantitative estimate of drug-likeness (QED) is 0.415. The van der Waals surface area contributed by atoms with E-state index in [9.17, 15) is 9.59 Å². The van der Waals surface area contributed by atoms with Gasteiger partial charge in [-0.05, 0) is 18.2 Å². The van der Waals surface area contributed by atoms with Crippen molar-refractivity contribution in [1.29, 1.82) is 0 Å². The lowest BCUT2D eigenvalue weighted by atomic mass is 10.1. The van der Waals surface area contributed by atoms with Gasteiger partial charge in [-0.2, -0.15) is 0 Å². The molecule has 0 N–H and O–H groups in total. The summed E-state index contributed by atoms with van der Waals surface area (Å²) in [5, 5.41) is 0. The summed E-state index contributed by atoms with van der Waals surface area (Å²) in [6.45, 7) is 3.52. The number of cyclic esters (lactones) is 1. The first-order valence-corrected chi connectivity index (χ1v) is 4.35. The van der Waals surface area contributed by atoms with Crippen molar-refractivity contribution in [1.82, 2.24) is 0 Å². The molecule has 0 fully saturated rings. The van der Waals surface area contributed by atoms with Gasteiger partial charge in [-0.1, -0.05) is 6.58 Å². The Bertz CT molecular complexity index is 448. The topological polar surface area (TPSA) is 52.6 Å². The van der Waals surface area contributed by atoms with Crippen molar-refractivity contribution in [3.63, 3.8) is 0 Å². The van der Waals surface area contributed by atoms with Crippen molar-refractivity contribution in [2.75, 3.05) is 0 Å². The average molecular weight is 204 g/mol. The summed E-state index contributed by atoms with van der Waals surface area (Å²) in [5.74, 6) is -0.483. The second-order valence-corrected chi connectivity index (χ2v) is 3.02. The van der Waals surface area contributed by atoms with E-state index in [1.807, 2.05) is 0 Å². The van der Waals surface area contributed by atoms with E-state index in [0.29, 0.717) is 11.3 Å². The second-order valence-electron chi connectivity index (χ2n) is 3.02. The third-order valence-electron chi connectivity index (χ3n) is 2.04. The van der Waals surface area contributed by atoms with Crippen LogP contribution in [0.5, 0.6) is 5.75 Å². The van der Waals surface area contributed by atoms with Crippen molar-refractivity contribution in [2.45, 2.75) is 6.61 Å². The summed E-state index contributed by atoms with van der Waals surface area (Å²) in [6, 6.07) is 4.74. The number of carbonyl (C=O) groups is 2. The maximum atomic E-state index is 11.1. The molecule has 0 unspecified atom stereocenters. The van der Waals surface area contributed by atoms with Gasteiger partial charge in [0, 0.05) is 11.6 Å². The molecular formula is C11H8O4. The molecule has 0 aliphatic carbocycles. The number of rotatable bonds is 2. The largest absolute Gasteiger partial charge is 0.457 e. The maximum absolute atomic E-state index is 11.1. The van der Waals surface area contributed by atoms with Crippen LogP contribution in [0.25, 0.3) is 0 Å². The molecule has 0 bridgehead atoms. The fourth-order valence-corrected chi connectivity index (χ4v) is 1.33. The minimum absolute atomic E-state index is 0.230. The molecule has 15 heavy (non-hydrogen) atoms. The lowest BCUT2D eigenvalue weighted by molar-refractivity contribution is -0.128. The minimum Gasteiger partial charge on any atom is -0.457 e. The van der Waals surface area contributed by atoms with E-state index in [1.165, 1.54) is 0 Å². The van der Waals surface area contributed by atoms with Gasteiger partial charge in [0.15, 0.2) is 0 Å². The van der Waals surface area contributed by atoms with Gasteiger partial charge in [-0.3, -0.25) is 0 Å². The molecule has 76 valence electrons. The number of benzene rings is 1. The third-order valence-corrected chi connectivity index (χ3v) is 2.04. The van der Waals surface area contributed by atoms with E-state index in [2.05, 4.69) is 6.58 Å². The predicted octanol–water partition coefficient (Wildman–Crippen LogP) is 1.45. The standard InChI is InChI=1S/C11H8O4/c1-2-10(12)15-8-3-4-9-7(5-8)6-14-11(9)13/h2-5H,1,6H2. The summed E-state index contributed by atoms with van der Waals surface area (Å²) < 4.78 is 9.71. The summed E-state index contributed by atoms with van der Waals surface area (Å²) in [5.41, 5.74) is 1.25. The fraction of sp³-hybridized carbons (Fsp3) is 0.0909. The smallest absolute Gasteiger partial charge is 0.338 e. The first-order chi connectivity index (χ1) is 7.20. The molecule has 1 aliphatic heterocycles. The normalized spacial score (nSPS) is 12.9. The zero-order chi connectivity index (χ0) is 10.8. The molecule has 0 amide bonds. The third kappa shape index (κ3) is 1.74. The van der Waals surface area contributed by atoms with Crippen LogP contribution in [0.4, 0.5) is 0 Å². The molecule has 0 saturated carbocycles. The van der Waals surface area contributed by atoms with Crippen molar-refractivity contribution in [3.8, 4) is 5.75 Å². The van der Waals surface area contributed by atoms with E-state index in [1.54, 1.807) is 18.2 Å². The zero-order valence-corrected chi connectivity index (χ0v) is 7.86. The van der Waals surface area contributed by atoms with Crippen molar-refractivity contribution in [3.05, 3.63) is 42.0 Å². The number of fused-ring (bicyclic) bond motifs is 1. The van der Waals surface area contributed by atoms with Crippen LogP contribution in [0.1, 0.15) is 15.9 Å². The van der Waals surface area contributed by atoms with Crippen LogP contribution in [0, 0.1) is 0 Å². The van der Waals surface area contributed by atoms with E-state index in [0.717, 1.165) is 11.6 Å². The molecule has 1 aromatic rings. The summed E-state index contributed by atoms with van der Waals surface area (Å²) in [7, 11) is 0. The van der Waals surface area contributed by atoms with Gasteiger partial charge in [0.05, 0.1) is 5.56 Å². The van der Waals surface area contributed by atoms with Crippen molar-refractivity contribution < 1.29 is 19.1 Å². The van der Waals surface area contributed by atoms with Gasteiger partial charge in [-0.25, -0.2) is 9.59 Å². The van der Waals surface area contributed by atoms with Crippen LogP contribution in [-0.4, -0.2) is 11.9 Å². The zero-order valence-electron chi connectivity index (χ0n) is 7.86. The van der Waals surface area contributed by atoms with E-state index in [-0.39, 0.29) is 12.6 Å². The molecule has 1 aromatic carbocycles. The van der Waals surface area contributed by atoms with Gasteiger partial charge in [0.2, 0.25) is 0 Å². The van der Waals surface area contributed by atoms with Crippen LogP contribution in [0.15, 0.2) is 30.9 Å². The van der Waals surface area contributed by atoms with Crippen LogP contribution in [0.3, 0.4) is 0 Å². The highest BCUT2D eigenvalue weighted by atomic mass is 16.5. The average Bonchev–Trinajstić information content (AvgIpc) is 2.60. The molecule has 0 spiro atoms. The monoisotopic (exact) mass is 204 g/mol. The number of hydrogen-bond donors (Lipinski definition) is 0. The summed E-state index contributed by atoms with van der Waals surface area (Å²) >= 11 is 0. The second kappa shape index (κ2) is 3.57. The van der Waals surface area contributed by atoms with Crippen LogP contribution in [-0.2, 0) is 16.1 Å². The van der Waals surface area contributed by atoms with E-state index < -0.39 is 5.97 Å². The van der Waals surface area contributed by atoms with Crippen molar-refractivity contribution in [2.24, 2.45) is 0 Å². The Morgan fingerprint density at radius 2 is 2.33 bits per heavy atom. The van der Waals surface area contributed by atoms with Crippen LogP contribution >= 0.6 is 0 Å². The first-order valence-electron chi connectivity index (χ1n) is 4.35.